The molecule has 0 saturated heterocycles. The summed E-state index contributed by atoms with van der Waals surface area (Å²) in [6.45, 7) is 2.35. The predicted octanol–water partition coefficient (Wildman–Crippen LogP) is 5.02. The maximum Gasteiger partial charge on any atom is 0.188 e. The summed E-state index contributed by atoms with van der Waals surface area (Å²) in [6.07, 6.45) is 5.10. The van der Waals surface area contributed by atoms with Gasteiger partial charge in [-0.25, -0.2) is 4.98 Å². The Morgan fingerprint density at radius 3 is 2.68 bits per heavy atom. The summed E-state index contributed by atoms with van der Waals surface area (Å²) in [5.41, 5.74) is 3.40. The van der Waals surface area contributed by atoms with Gasteiger partial charge in [-0.15, -0.1) is 11.3 Å². The van der Waals surface area contributed by atoms with Crippen molar-refractivity contribution in [1.29, 1.82) is 0 Å². The van der Waals surface area contributed by atoms with E-state index in [4.69, 9.17) is 14.2 Å². The van der Waals surface area contributed by atoms with Crippen molar-refractivity contribution < 1.29 is 14.2 Å². The SMILES string of the molecule is CCc1ccc2nc(/C=C/c3ccc(OCOC)c(OC)c3)sc2c1. The summed E-state index contributed by atoms with van der Waals surface area (Å²) >= 11 is 1.70. The Kier molecular flexibility index (Phi) is 5.68. The Morgan fingerprint density at radius 1 is 1.04 bits per heavy atom. The lowest BCUT2D eigenvalue weighted by Crippen LogP contribution is -2.00. The van der Waals surface area contributed by atoms with Crippen LogP contribution in [0.15, 0.2) is 36.4 Å². The maximum absolute atomic E-state index is 5.48. The lowest BCUT2D eigenvalue weighted by Gasteiger charge is -2.10. The van der Waals surface area contributed by atoms with Crippen LogP contribution in [0.3, 0.4) is 0 Å². The third kappa shape index (κ3) is 4.18. The highest BCUT2D eigenvalue weighted by molar-refractivity contribution is 7.19. The number of hydrogen-bond acceptors (Lipinski definition) is 5. The van der Waals surface area contributed by atoms with E-state index >= 15 is 0 Å². The molecule has 25 heavy (non-hydrogen) atoms. The molecule has 3 aromatic rings. The van der Waals surface area contributed by atoms with Crippen LogP contribution in [0.4, 0.5) is 0 Å². The second-order valence-electron chi connectivity index (χ2n) is 5.50. The Hall–Kier alpha value is -2.37. The second kappa shape index (κ2) is 8.14. The summed E-state index contributed by atoms with van der Waals surface area (Å²) in [5, 5.41) is 0.988. The molecule has 0 N–H and O–H groups in total. The third-order valence-electron chi connectivity index (χ3n) is 3.82. The highest BCUT2D eigenvalue weighted by Gasteiger charge is 2.05. The van der Waals surface area contributed by atoms with Gasteiger partial charge in [0.2, 0.25) is 0 Å². The molecule has 0 aliphatic heterocycles. The molecule has 5 heteroatoms. The number of aromatic nitrogens is 1. The van der Waals surface area contributed by atoms with E-state index in [0.717, 1.165) is 22.5 Å². The van der Waals surface area contributed by atoms with Crippen molar-refractivity contribution in [2.75, 3.05) is 21.0 Å². The van der Waals surface area contributed by atoms with Gasteiger partial charge in [0.25, 0.3) is 0 Å². The van der Waals surface area contributed by atoms with Crippen LogP contribution in [0.2, 0.25) is 0 Å². The number of aryl methyl sites for hydroxylation is 1. The van der Waals surface area contributed by atoms with Gasteiger partial charge >= 0.3 is 0 Å². The molecule has 3 rings (SSSR count). The van der Waals surface area contributed by atoms with Crippen molar-refractivity contribution >= 4 is 33.7 Å². The normalized spacial score (nSPS) is 11.3. The molecule has 4 nitrogen and oxygen atoms in total. The third-order valence-corrected chi connectivity index (χ3v) is 4.80. The van der Waals surface area contributed by atoms with E-state index in [1.165, 1.54) is 10.3 Å². The summed E-state index contributed by atoms with van der Waals surface area (Å²) in [4.78, 5) is 4.66. The summed E-state index contributed by atoms with van der Waals surface area (Å²) in [7, 11) is 3.21. The van der Waals surface area contributed by atoms with Crippen molar-refractivity contribution in [3.63, 3.8) is 0 Å². The zero-order valence-electron chi connectivity index (χ0n) is 14.6. The van der Waals surface area contributed by atoms with Gasteiger partial charge < -0.3 is 14.2 Å². The lowest BCUT2D eigenvalue weighted by molar-refractivity contribution is 0.0491. The van der Waals surface area contributed by atoms with Crippen LogP contribution in [0, 0.1) is 0 Å². The first kappa shape index (κ1) is 17.5. The number of thiazole rings is 1. The molecule has 0 fully saturated rings. The standard InChI is InChI=1S/C20H21NO3S/c1-4-14-5-8-16-19(12-14)25-20(21-16)10-7-15-6-9-17(24-13-22-2)18(11-15)23-3/h5-12H,4,13H2,1-3H3/b10-7+. The van der Waals surface area contributed by atoms with E-state index < -0.39 is 0 Å². The van der Waals surface area contributed by atoms with Crippen molar-refractivity contribution in [1.82, 2.24) is 4.98 Å². The van der Waals surface area contributed by atoms with Gasteiger partial charge in [0.15, 0.2) is 18.3 Å². The molecule has 0 bridgehead atoms. The van der Waals surface area contributed by atoms with Crippen molar-refractivity contribution in [2.45, 2.75) is 13.3 Å². The van der Waals surface area contributed by atoms with Gasteiger partial charge in [-0.2, -0.15) is 0 Å². The molecule has 0 saturated carbocycles. The van der Waals surface area contributed by atoms with E-state index in [1.54, 1.807) is 25.6 Å². The minimum Gasteiger partial charge on any atom is -0.493 e. The van der Waals surface area contributed by atoms with Gasteiger partial charge in [-0.3, -0.25) is 0 Å². The van der Waals surface area contributed by atoms with Crippen LogP contribution in [-0.4, -0.2) is 26.0 Å². The van der Waals surface area contributed by atoms with Crippen LogP contribution < -0.4 is 9.47 Å². The van der Waals surface area contributed by atoms with Crippen LogP contribution in [0.25, 0.3) is 22.4 Å². The Bertz CT molecular complexity index is 886. The largest absolute Gasteiger partial charge is 0.493 e. The molecular formula is C20H21NO3S. The molecule has 0 spiro atoms. The second-order valence-corrected chi connectivity index (χ2v) is 6.56. The zero-order chi connectivity index (χ0) is 17.6. The fraction of sp³-hybridized carbons (Fsp3) is 0.250. The number of rotatable bonds is 7. The molecular weight excluding hydrogens is 334 g/mol. The van der Waals surface area contributed by atoms with Crippen LogP contribution in [-0.2, 0) is 11.2 Å². The summed E-state index contributed by atoms with van der Waals surface area (Å²) in [5.74, 6) is 1.34. The molecule has 0 amide bonds. The Labute approximate surface area is 151 Å². The Morgan fingerprint density at radius 2 is 1.92 bits per heavy atom. The highest BCUT2D eigenvalue weighted by atomic mass is 32.1. The molecule has 0 aliphatic rings. The molecule has 0 radical (unpaired) electrons. The monoisotopic (exact) mass is 355 g/mol. The summed E-state index contributed by atoms with van der Waals surface area (Å²) in [6, 6.07) is 12.2. The molecule has 130 valence electrons. The summed E-state index contributed by atoms with van der Waals surface area (Å²) < 4.78 is 17.0. The van der Waals surface area contributed by atoms with Crippen molar-refractivity contribution in [3.8, 4) is 11.5 Å². The number of hydrogen-bond donors (Lipinski definition) is 0. The highest BCUT2D eigenvalue weighted by Crippen LogP contribution is 2.29. The fourth-order valence-corrected chi connectivity index (χ4v) is 3.41. The van der Waals surface area contributed by atoms with Gasteiger partial charge in [-0.1, -0.05) is 25.1 Å². The molecule has 1 heterocycles. The number of methoxy groups -OCH3 is 2. The first-order valence-corrected chi connectivity index (χ1v) is 8.92. The fourth-order valence-electron chi connectivity index (χ4n) is 2.48. The lowest BCUT2D eigenvalue weighted by atomic mass is 10.2. The van der Waals surface area contributed by atoms with Crippen LogP contribution in [0.5, 0.6) is 11.5 Å². The molecule has 1 aromatic heterocycles. The Balaban J connectivity index is 1.81. The average molecular weight is 355 g/mol. The smallest absolute Gasteiger partial charge is 0.188 e. The van der Waals surface area contributed by atoms with Gasteiger partial charge in [0.1, 0.15) is 5.01 Å². The average Bonchev–Trinajstić information content (AvgIpc) is 3.06. The number of fused-ring (bicyclic) bond motifs is 1. The van der Waals surface area contributed by atoms with Crippen LogP contribution >= 0.6 is 11.3 Å². The predicted molar refractivity (Wildman–Crippen MR) is 103 cm³/mol. The topological polar surface area (TPSA) is 40.6 Å². The van der Waals surface area contributed by atoms with E-state index in [-0.39, 0.29) is 6.79 Å². The minimum atomic E-state index is 0.191. The van der Waals surface area contributed by atoms with E-state index in [0.29, 0.717) is 11.5 Å². The number of ether oxygens (including phenoxy) is 3. The first-order chi connectivity index (χ1) is 12.2. The number of nitrogens with zero attached hydrogens (tertiary/aromatic N) is 1. The maximum atomic E-state index is 5.48. The molecule has 2 aromatic carbocycles. The molecule has 0 atom stereocenters. The van der Waals surface area contributed by atoms with Gasteiger partial charge in [0.05, 0.1) is 17.3 Å². The molecule has 0 aliphatic carbocycles. The van der Waals surface area contributed by atoms with Crippen molar-refractivity contribution in [3.05, 3.63) is 52.5 Å². The molecule has 0 unspecified atom stereocenters. The van der Waals surface area contributed by atoms with E-state index in [1.807, 2.05) is 30.4 Å². The van der Waals surface area contributed by atoms with E-state index in [2.05, 4.69) is 30.1 Å². The van der Waals surface area contributed by atoms with Crippen molar-refractivity contribution in [2.24, 2.45) is 0 Å². The first-order valence-electron chi connectivity index (χ1n) is 8.10. The van der Waals surface area contributed by atoms with E-state index in [9.17, 15) is 0 Å². The van der Waals surface area contributed by atoms with Crippen LogP contribution in [0.1, 0.15) is 23.1 Å². The number of benzene rings is 2. The minimum absolute atomic E-state index is 0.191. The zero-order valence-corrected chi connectivity index (χ0v) is 15.4. The quantitative estimate of drug-likeness (QED) is 0.558. The van der Waals surface area contributed by atoms with Gasteiger partial charge in [-0.05, 0) is 47.9 Å². The van der Waals surface area contributed by atoms with Gasteiger partial charge in [0, 0.05) is 7.11 Å².